The zero-order chi connectivity index (χ0) is 13.8. The van der Waals surface area contributed by atoms with Crippen LogP contribution in [0.15, 0.2) is 18.2 Å². The van der Waals surface area contributed by atoms with Gasteiger partial charge in [-0.1, -0.05) is 18.2 Å². The minimum Gasteiger partial charge on any atom is -0.354 e. The number of benzene rings is 1. The topological polar surface area (TPSA) is 44.4 Å². The first-order valence-electron chi connectivity index (χ1n) is 6.81. The van der Waals surface area contributed by atoms with Crippen molar-refractivity contribution in [3.63, 3.8) is 0 Å². The first kappa shape index (κ1) is 14.0. The van der Waals surface area contributed by atoms with Gasteiger partial charge in [0, 0.05) is 26.2 Å². The van der Waals surface area contributed by atoms with Crippen molar-refractivity contribution in [2.24, 2.45) is 0 Å². The molecule has 1 atom stereocenters. The quantitative estimate of drug-likeness (QED) is 0.845. The highest BCUT2D eigenvalue weighted by Crippen LogP contribution is 2.27. The Morgan fingerprint density at radius 1 is 1.47 bits per heavy atom. The van der Waals surface area contributed by atoms with Crippen LogP contribution in [-0.2, 0) is 11.3 Å². The van der Waals surface area contributed by atoms with Gasteiger partial charge in [-0.3, -0.25) is 4.79 Å². The summed E-state index contributed by atoms with van der Waals surface area (Å²) in [6.07, 6.45) is 0. The third kappa shape index (κ3) is 3.33. The van der Waals surface area contributed by atoms with Crippen LogP contribution in [0.5, 0.6) is 0 Å². The molecular formula is C15H23N3O. The first-order chi connectivity index (χ1) is 9.09. The Kier molecular flexibility index (Phi) is 4.56. The van der Waals surface area contributed by atoms with E-state index < -0.39 is 0 Å². The minimum atomic E-state index is -0.0629. The number of nitrogens with one attached hydrogen (secondary N) is 2. The van der Waals surface area contributed by atoms with Crippen LogP contribution in [0.3, 0.4) is 0 Å². The van der Waals surface area contributed by atoms with E-state index in [2.05, 4.69) is 40.7 Å². The molecule has 4 heteroatoms. The largest absolute Gasteiger partial charge is 0.354 e. The van der Waals surface area contributed by atoms with E-state index in [9.17, 15) is 4.79 Å². The molecule has 19 heavy (non-hydrogen) atoms. The Morgan fingerprint density at radius 3 is 3.00 bits per heavy atom. The number of rotatable bonds is 4. The summed E-state index contributed by atoms with van der Waals surface area (Å²) in [5.41, 5.74) is 3.68. The molecule has 104 valence electrons. The summed E-state index contributed by atoms with van der Waals surface area (Å²) >= 11 is 0. The second-order valence-corrected chi connectivity index (χ2v) is 5.43. The average molecular weight is 261 g/mol. The molecule has 0 fully saturated rings. The van der Waals surface area contributed by atoms with Crippen molar-refractivity contribution in [1.82, 2.24) is 15.5 Å². The summed E-state index contributed by atoms with van der Waals surface area (Å²) in [5.74, 6) is 0.0664. The number of fused-ring (bicyclic) bond motifs is 1. The second kappa shape index (κ2) is 6.17. The fraction of sp³-hybridized carbons (Fsp3) is 0.533. The number of aryl methyl sites for hydroxylation is 1. The van der Waals surface area contributed by atoms with Crippen LogP contribution in [0.1, 0.15) is 22.6 Å². The van der Waals surface area contributed by atoms with E-state index in [0.29, 0.717) is 6.54 Å². The van der Waals surface area contributed by atoms with E-state index >= 15 is 0 Å². The van der Waals surface area contributed by atoms with Crippen molar-refractivity contribution in [1.29, 1.82) is 0 Å². The number of nitrogens with zero attached hydrogens (tertiary/aromatic N) is 1. The minimum absolute atomic E-state index is 0.0629. The van der Waals surface area contributed by atoms with Gasteiger partial charge in [0.15, 0.2) is 0 Å². The number of likely N-dealkylation sites (N-methyl/N-ethyl adjacent to an activating group) is 1. The summed E-state index contributed by atoms with van der Waals surface area (Å²) in [6.45, 7) is 5.24. The molecule has 1 unspecified atom stereocenters. The molecule has 0 aromatic heterocycles. The molecule has 0 aliphatic carbocycles. The van der Waals surface area contributed by atoms with Gasteiger partial charge in [0.05, 0.1) is 5.92 Å². The molecule has 2 rings (SSSR count). The van der Waals surface area contributed by atoms with Crippen molar-refractivity contribution in [3.8, 4) is 0 Å². The Bertz CT molecular complexity index is 457. The zero-order valence-corrected chi connectivity index (χ0v) is 12.0. The fourth-order valence-electron chi connectivity index (χ4n) is 2.60. The van der Waals surface area contributed by atoms with Gasteiger partial charge in [-0.05, 0) is 37.7 Å². The predicted molar refractivity (Wildman–Crippen MR) is 77.2 cm³/mol. The maximum atomic E-state index is 12.3. The number of hydrogen-bond acceptors (Lipinski definition) is 3. The van der Waals surface area contributed by atoms with Crippen LogP contribution in [0, 0.1) is 6.92 Å². The van der Waals surface area contributed by atoms with Crippen molar-refractivity contribution in [3.05, 3.63) is 34.9 Å². The van der Waals surface area contributed by atoms with Crippen molar-refractivity contribution in [2.75, 3.05) is 33.7 Å². The number of amides is 1. The molecule has 1 aliphatic rings. The monoisotopic (exact) mass is 261 g/mol. The Balaban J connectivity index is 2.08. The van der Waals surface area contributed by atoms with Gasteiger partial charge in [0.1, 0.15) is 0 Å². The predicted octanol–water partition coefficient (Wildman–Crippen LogP) is 0.860. The van der Waals surface area contributed by atoms with E-state index in [1.165, 1.54) is 16.7 Å². The Hall–Kier alpha value is -1.39. The Labute approximate surface area is 115 Å². The number of carbonyl (C=O) groups excluding carboxylic acids is 1. The van der Waals surface area contributed by atoms with Crippen LogP contribution in [-0.4, -0.2) is 44.5 Å². The highest BCUT2D eigenvalue weighted by atomic mass is 16.1. The van der Waals surface area contributed by atoms with Crippen LogP contribution in [0.25, 0.3) is 0 Å². The molecule has 1 aromatic carbocycles. The lowest BCUT2D eigenvalue weighted by Gasteiger charge is -2.27. The highest BCUT2D eigenvalue weighted by molar-refractivity contribution is 5.85. The molecule has 0 spiro atoms. The summed E-state index contributed by atoms with van der Waals surface area (Å²) in [4.78, 5) is 14.4. The maximum absolute atomic E-state index is 12.3. The number of hydrogen-bond donors (Lipinski definition) is 2. The summed E-state index contributed by atoms with van der Waals surface area (Å²) < 4.78 is 0. The second-order valence-electron chi connectivity index (χ2n) is 5.43. The van der Waals surface area contributed by atoms with E-state index in [4.69, 9.17) is 0 Å². The molecule has 1 heterocycles. The van der Waals surface area contributed by atoms with Crippen molar-refractivity contribution in [2.45, 2.75) is 19.4 Å². The highest BCUT2D eigenvalue weighted by Gasteiger charge is 2.27. The molecular weight excluding hydrogens is 238 g/mol. The standard InChI is InChI=1S/C15H23N3O/c1-11-5-4-6-12-9-16-10-13(14(11)12)15(19)17-7-8-18(2)3/h4-6,13,16H,7-10H2,1-3H3,(H,17,19). The molecule has 0 saturated carbocycles. The average Bonchev–Trinajstić information content (AvgIpc) is 2.38. The van der Waals surface area contributed by atoms with Crippen molar-refractivity contribution >= 4 is 5.91 Å². The van der Waals surface area contributed by atoms with E-state index in [-0.39, 0.29) is 11.8 Å². The normalized spacial score (nSPS) is 18.2. The van der Waals surface area contributed by atoms with E-state index in [1.54, 1.807) is 0 Å². The Morgan fingerprint density at radius 2 is 2.26 bits per heavy atom. The van der Waals surface area contributed by atoms with E-state index in [0.717, 1.165) is 19.6 Å². The first-order valence-corrected chi connectivity index (χ1v) is 6.81. The van der Waals surface area contributed by atoms with Gasteiger partial charge in [0.2, 0.25) is 5.91 Å². The molecule has 1 amide bonds. The third-order valence-corrected chi connectivity index (χ3v) is 3.60. The summed E-state index contributed by atoms with van der Waals surface area (Å²) in [5, 5.41) is 6.36. The van der Waals surface area contributed by atoms with Gasteiger partial charge in [-0.25, -0.2) is 0 Å². The smallest absolute Gasteiger partial charge is 0.228 e. The lowest BCUT2D eigenvalue weighted by Crippen LogP contribution is -2.41. The molecule has 0 saturated heterocycles. The van der Waals surface area contributed by atoms with Crippen LogP contribution >= 0.6 is 0 Å². The zero-order valence-electron chi connectivity index (χ0n) is 12.0. The lowest BCUT2D eigenvalue weighted by atomic mass is 9.87. The van der Waals surface area contributed by atoms with Crippen LogP contribution in [0.4, 0.5) is 0 Å². The summed E-state index contributed by atoms with van der Waals surface area (Å²) in [6, 6.07) is 6.25. The summed E-state index contributed by atoms with van der Waals surface area (Å²) in [7, 11) is 4.02. The van der Waals surface area contributed by atoms with Crippen LogP contribution < -0.4 is 10.6 Å². The number of carbonyl (C=O) groups is 1. The van der Waals surface area contributed by atoms with Gasteiger partial charge in [0.25, 0.3) is 0 Å². The van der Waals surface area contributed by atoms with E-state index in [1.807, 2.05) is 14.1 Å². The molecule has 0 radical (unpaired) electrons. The fourth-order valence-corrected chi connectivity index (χ4v) is 2.60. The molecule has 0 bridgehead atoms. The van der Waals surface area contributed by atoms with Crippen molar-refractivity contribution < 1.29 is 4.79 Å². The lowest BCUT2D eigenvalue weighted by molar-refractivity contribution is -0.122. The molecule has 2 N–H and O–H groups in total. The maximum Gasteiger partial charge on any atom is 0.228 e. The molecule has 1 aromatic rings. The van der Waals surface area contributed by atoms with Gasteiger partial charge < -0.3 is 15.5 Å². The van der Waals surface area contributed by atoms with Gasteiger partial charge in [-0.15, -0.1) is 0 Å². The molecule has 4 nitrogen and oxygen atoms in total. The molecule has 1 aliphatic heterocycles. The van der Waals surface area contributed by atoms with Gasteiger partial charge in [-0.2, -0.15) is 0 Å². The van der Waals surface area contributed by atoms with Crippen LogP contribution in [0.2, 0.25) is 0 Å². The third-order valence-electron chi connectivity index (χ3n) is 3.60. The van der Waals surface area contributed by atoms with Gasteiger partial charge >= 0.3 is 0 Å². The SMILES string of the molecule is Cc1cccc2c1C(C(=O)NCCN(C)C)CNC2.